The highest BCUT2D eigenvalue weighted by molar-refractivity contribution is 6.31. The fourth-order valence-corrected chi connectivity index (χ4v) is 2.08. The quantitative estimate of drug-likeness (QED) is 0.864. The molecule has 0 saturated carbocycles. The van der Waals surface area contributed by atoms with Crippen LogP contribution in [0.25, 0.3) is 0 Å². The molecule has 0 spiro atoms. The molecule has 0 aromatic heterocycles. The van der Waals surface area contributed by atoms with E-state index in [0.717, 1.165) is 18.5 Å². The van der Waals surface area contributed by atoms with Crippen LogP contribution in [-0.4, -0.2) is 6.04 Å². The topological polar surface area (TPSA) is 35.8 Å². The van der Waals surface area contributed by atoms with Gasteiger partial charge < -0.3 is 5.32 Å². The highest BCUT2D eigenvalue weighted by Crippen LogP contribution is 2.17. The minimum atomic E-state index is 0.474. The second kappa shape index (κ2) is 6.64. The summed E-state index contributed by atoms with van der Waals surface area (Å²) in [6, 6.07) is 7.98. The lowest BCUT2D eigenvalue weighted by Gasteiger charge is -2.16. The molecule has 0 aliphatic carbocycles. The molecule has 0 radical (unpaired) electrons. The summed E-state index contributed by atoms with van der Waals surface area (Å²) in [4.78, 5) is 0. The van der Waals surface area contributed by atoms with Gasteiger partial charge in [0, 0.05) is 17.6 Å². The van der Waals surface area contributed by atoms with Crippen LogP contribution in [0.1, 0.15) is 38.3 Å². The molecule has 1 aromatic rings. The Labute approximate surface area is 109 Å². The van der Waals surface area contributed by atoms with E-state index in [9.17, 15) is 0 Å². The van der Waals surface area contributed by atoms with Crippen LogP contribution in [0.3, 0.4) is 0 Å². The van der Waals surface area contributed by atoms with Crippen molar-refractivity contribution < 1.29 is 0 Å². The lowest BCUT2D eigenvalue weighted by molar-refractivity contribution is 0.441. The lowest BCUT2D eigenvalue weighted by Crippen LogP contribution is -2.26. The third-order valence-electron chi connectivity index (χ3n) is 2.65. The Balaban J connectivity index is 2.55. The number of benzene rings is 1. The van der Waals surface area contributed by atoms with E-state index in [1.807, 2.05) is 6.07 Å². The molecule has 0 aliphatic heterocycles. The van der Waals surface area contributed by atoms with Gasteiger partial charge in [0.15, 0.2) is 0 Å². The molecule has 17 heavy (non-hydrogen) atoms. The van der Waals surface area contributed by atoms with Gasteiger partial charge in [-0.2, -0.15) is 5.26 Å². The Kier molecular flexibility index (Phi) is 5.47. The van der Waals surface area contributed by atoms with Gasteiger partial charge >= 0.3 is 0 Å². The molecular weight excluding hydrogens is 232 g/mol. The number of nitriles is 1. The number of halogens is 1. The Morgan fingerprint density at radius 3 is 2.59 bits per heavy atom. The smallest absolute Gasteiger partial charge is 0.0992 e. The minimum Gasteiger partial charge on any atom is -0.310 e. The average Bonchev–Trinajstić information content (AvgIpc) is 2.26. The van der Waals surface area contributed by atoms with Gasteiger partial charge in [0.25, 0.3) is 0 Å². The molecule has 0 amide bonds. The van der Waals surface area contributed by atoms with Gasteiger partial charge in [-0.15, -0.1) is 0 Å². The summed E-state index contributed by atoms with van der Waals surface area (Å²) in [5, 5.41) is 12.8. The van der Waals surface area contributed by atoms with Gasteiger partial charge in [-0.3, -0.25) is 0 Å². The molecule has 2 nitrogen and oxygen atoms in total. The molecule has 92 valence electrons. The highest BCUT2D eigenvalue weighted by Gasteiger charge is 2.06. The van der Waals surface area contributed by atoms with Gasteiger partial charge in [-0.05, 0) is 37.0 Å². The second-order valence-electron chi connectivity index (χ2n) is 4.83. The molecule has 0 aliphatic rings. The van der Waals surface area contributed by atoms with Crippen molar-refractivity contribution in [1.29, 1.82) is 5.26 Å². The van der Waals surface area contributed by atoms with Crippen molar-refractivity contribution in [3.63, 3.8) is 0 Å². The first kappa shape index (κ1) is 14.0. The van der Waals surface area contributed by atoms with Crippen molar-refractivity contribution in [2.24, 2.45) is 5.92 Å². The summed E-state index contributed by atoms with van der Waals surface area (Å²) in [6.07, 6.45) is 1.15. The summed E-state index contributed by atoms with van der Waals surface area (Å²) < 4.78 is 0. The van der Waals surface area contributed by atoms with E-state index in [1.165, 1.54) is 0 Å². The second-order valence-corrected chi connectivity index (χ2v) is 5.24. The van der Waals surface area contributed by atoms with Gasteiger partial charge in [0.2, 0.25) is 0 Å². The Morgan fingerprint density at radius 1 is 1.35 bits per heavy atom. The average molecular weight is 251 g/mol. The summed E-state index contributed by atoms with van der Waals surface area (Å²) in [5.74, 6) is 0.689. The summed E-state index contributed by atoms with van der Waals surface area (Å²) in [7, 11) is 0. The summed E-state index contributed by atoms with van der Waals surface area (Å²) >= 11 is 6.11. The zero-order chi connectivity index (χ0) is 12.8. The van der Waals surface area contributed by atoms with Crippen LogP contribution < -0.4 is 5.32 Å². The van der Waals surface area contributed by atoms with Gasteiger partial charge in [0.05, 0.1) is 11.6 Å². The monoisotopic (exact) mass is 250 g/mol. The third-order valence-corrected chi connectivity index (χ3v) is 3.00. The number of hydrogen-bond acceptors (Lipinski definition) is 2. The van der Waals surface area contributed by atoms with Crippen LogP contribution in [0.4, 0.5) is 0 Å². The van der Waals surface area contributed by atoms with Crippen LogP contribution in [-0.2, 0) is 6.54 Å². The van der Waals surface area contributed by atoms with Crippen molar-refractivity contribution in [3.05, 3.63) is 34.3 Å². The lowest BCUT2D eigenvalue weighted by atomic mass is 10.0. The van der Waals surface area contributed by atoms with E-state index >= 15 is 0 Å². The maximum absolute atomic E-state index is 8.75. The standard InChI is InChI=1S/C14H19ClN2/c1-10(2)6-11(3)17-9-13-5-4-12(8-16)7-14(13)15/h4-5,7,10-11,17H,6,9H2,1-3H3. The Morgan fingerprint density at radius 2 is 2.06 bits per heavy atom. The van der Waals surface area contributed by atoms with Crippen molar-refractivity contribution in [2.75, 3.05) is 0 Å². The molecule has 1 aromatic carbocycles. The van der Waals surface area contributed by atoms with Crippen molar-refractivity contribution in [3.8, 4) is 6.07 Å². The van der Waals surface area contributed by atoms with Crippen molar-refractivity contribution >= 4 is 11.6 Å². The molecule has 1 N–H and O–H groups in total. The Hall–Kier alpha value is -1.04. The summed E-state index contributed by atoms with van der Waals surface area (Å²) in [6.45, 7) is 7.36. The number of hydrogen-bond donors (Lipinski definition) is 1. The van der Waals surface area contributed by atoms with E-state index in [-0.39, 0.29) is 0 Å². The normalized spacial score (nSPS) is 12.5. The summed E-state index contributed by atoms with van der Waals surface area (Å²) in [5.41, 5.74) is 1.65. The number of nitrogens with zero attached hydrogens (tertiary/aromatic N) is 1. The maximum Gasteiger partial charge on any atom is 0.0992 e. The Bertz CT molecular complexity index is 407. The molecule has 1 rings (SSSR count). The first-order valence-electron chi connectivity index (χ1n) is 5.94. The molecule has 0 saturated heterocycles. The zero-order valence-electron chi connectivity index (χ0n) is 10.6. The molecular formula is C14H19ClN2. The first-order valence-corrected chi connectivity index (χ1v) is 6.32. The van der Waals surface area contributed by atoms with Crippen molar-refractivity contribution in [2.45, 2.75) is 39.8 Å². The van der Waals surface area contributed by atoms with Crippen LogP contribution in [0.15, 0.2) is 18.2 Å². The van der Waals surface area contributed by atoms with Crippen LogP contribution in [0.2, 0.25) is 5.02 Å². The van der Waals surface area contributed by atoms with E-state index in [2.05, 4.69) is 32.2 Å². The molecule has 0 heterocycles. The minimum absolute atomic E-state index is 0.474. The van der Waals surface area contributed by atoms with Crippen LogP contribution >= 0.6 is 11.6 Å². The van der Waals surface area contributed by atoms with E-state index < -0.39 is 0 Å². The van der Waals surface area contributed by atoms with E-state index in [1.54, 1.807) is 12.1 Å². The fraction of sp³-hybridized carbons (Fsp3) is 0.500. The zero-order valence-corrected chi connectivity index (χ0v) is 11.4. The SMILES string of the molecule is CC(C)CC(C)NCc1ccc(C#N)cc1Cl. The molecule has 0 bridgehead atoms. The maximum atomic E-state index is 8.75. The highest BCUT2D eigenvalue weighted by atomic mass is 35.5. The van der Waals surface area contributed by atoms with Gasteiger partial charge in [-0.1, -0.05) is 31.5 Å². The molecule has 1 unspecified atom stereocenters. The number of rotatable bonds is 5. The number of nitrogens with one attached hydrogen (secondary N) is 1. The van der Waals surface area contributed by atoms with E-state index in [0.29, 0.717) is 22.5 Å². The van der Waals surface area contributed by atoms with Gasteiger partial charge in [0.1, 0.15) is 0 Å². The molecule has 3 heteroatoms. The fourth-order valence-electron chi connectivity index (χ4n) is 1.83. The molecule has 0 fully saturated rings. The van der Waals surface area contributed by atoms with E-state index in [4.69, 9.17) is 16.9 Å². The predicted octanol–water partition coefficient (Wildman–Crippen LogP) is 3.74. The van der Waals surface area contributed by atoms with Gasteiger partial charge in [-0.25, -0.2) is 0 Å². The molecule has 1 atom stereocenters. The van der Waals surface area contributed by atoms with Crippen molar-refractivity contribution in [1.82, 2.24) is 5.32 Å². The predicted molar refractivity (Wildman–Crippen MR) is 71.9 cm³/mol. The first-order chi connectivity index (χ1) is 8.02. The van der Waals surface area contributed by atoms with Crippen LogP contribution in [0, 0.1) is 17.2 Å². The third kappa shape index (κ3) is 4.77. The van der Waals surface area contributed by atoms with Crippen LogP contribution in [0.5, 0.6) is 0 Å². The largest absolute Gasteiger partial charge is 0.310 e.